The predicted molar refractivity (Wildman–Crippen MR) is 109 cm³/mol. The van der Waals surface area contributed by atoms with Gasteiger partial charge in [-0.3, -0.25) is 9.59 Å². The van der Waals surface area contributed by atoms with Gasteiger partial charge >= 0.3 is 5.97 Å². The van der Waals surface area contributed by atoms with E-state index >= 15 is 0 Å². The van der Waals surface area contributed by atoms with Gasteiger partial charge in [0.25, 0.3) is 0 Å². The number of methoxy groups -OCH3 is 3. The van der Waals surface area contributed by atoms with Crippen molar-refractivity contribution < 1.29 is 28.5 Å². The minimum atomic E-state index is -0.663. The molecular weight excluding hydrogens is 374 g/mol. The van der Waals surface area contributed by atoms with Gasteiger partial charge in [0.2, 0.25) is 5.91 Å². The molecule has 0 aliphatic carbocycles. The highest BCUT2D eigenvalue weighted by Gasteiger charge is 2.24. The third-order valence-corrected chi connectivity index (χ3v) is 4.38. The first-order valence-electron chi connectivity index (χ1n) is 9.30. The first-order chi connectivity index (χ1) is 14.0. The summed E-state index contributed by atoms with van der Waals surface area (Å²) in [5.74, 6) is 0.464. The molecule has 0 aliphatic heterocycles. The number of amides is 1. The van der Waals surface area contributed by atoms with Crippen LogP contribution < -0.4 is 19.5 Å². The molecule has 2 rings (SSSR count). The molecule has 0 fully saturated rings. The topological polar surface area (TPSA) is 83.1 Å². The van der Waals surface area contributed by atoms with Gasteiger partial charge in [-0.1, -0.05) is 18.2 Å². The Bertz CT molecular complexity index is 836. The molecule has 0 saturated heterocycles. The molecular formula is C22H27NO6. The summed E-state index contributed by atoms with van der Waals surface area (Å²) in [5.41, 5.74) is 1.49. The Morgan fingerprint density at radius 2 is 1.72 bits per heavy atom. The first-order valence-corrected chi connectivity index (χ1v) is 9.30. The van der Waals surface area contributed by atoms with Crippen LogP contribution >= 0.6 is 0 Å². The van der Waals surface area contributed by atoms with Gasteiger partial charge in [0.15, 0.2) is 11.5 Å². The van der Waals surface area contributed by atoms with E-state index in [4.69, 9.17) is 18.9 Å². The van der Waals surface area contributed by atoms with Gasteiger partial charge in [0, 0.05) is 6.54 Å². The molecule has 0 spiro atoms. The number of carbonyl (C=O) groups is 2. The summed E-state index contributed by atoms with van der Waals surface area (Å²) in [7, 11) is 4.64. The van der Waals surface area contributed by atoms with Crippen LogP contribution in [0.3, 0.4) is 0 Å². The molecule has 0 radical (unpaired) electrons. The molecule has 0 bridgehead atoms. The second-order valence-corrected chi connectivity index (χ2v) is 6.25. The summed E-state index contributed by atoms with van der Waals surface area (Å²) in [5, 5.41) is 2.82. The lowest BCUT2D eigenvalue weighted by atomic mass is 9.98. The monoisotopic (exact) mass is 401 g/mol. The van der Waals surface area contributed by atoms with Gasteiger partial charge in [-0.05, 0) is 42.3 Å². The fourth-order valence-corrected chi connectivity index (χ4v) is 2.90. The molecule has 1 unspecified atom stereocenters. The van der Waals surface area contributed by atoms with Gasteiger partial charge in [0.1, 0.15) is 5.75 Å². The minimum absolute atomic E-state index is 0.108. The van der Waals surface area contributed by atoms with E-state index in [1.165, 1.54) is 7.11 Å². The van der Waals surface area contributed by atoms with Crippen molar-refractivity contribution >= 4 is 11.9 Å². The van der Waals surface area contributed by atoms with Crippen LogP contribution in [0.2, 0.25) is 0 Å². The van der Waals surface area contributed by atoms with Crippen LogP contribution in [0.15, 0.2) is 42.5 Å². The van der Waals surface area contributed by atoms with E-state index in [0.29, 0.717) is 22.8 Å². The molecule has 0 aromatic heterocycles. The number of rotatable bonds is 10. The molecule has 1 amide bonds. The van der Waals surface area contributed by atoms with Gasteiger partial charge in [-0.15, -0.1) is 0 Å². The zero-order chi connectivity index (χ0) is 21.2. The number of carbonyl (C=O) groups excluding carboxylic acids is 2. The zero-order valence-corrected chi connectivity index (χ0v) is 17.2. The van der Waals surface area contributed by atoms with Gasteiger partial charge in [0.05, 0.1) is 40.3 Å². The SMILES string of the molecule is CCOC(=O)C(CNC(=O)Cc1cccc(OC)c1)c1ccc(OC)c(OC)c1. The van der Waals surface area contributed by atoms with Crippen LogP contribution in [-0.2, 0) is 20.7 Å². The average Bonchev–Trinajstić information content (AvgIpc) is 2.74. The number of hydrogen-bond donors (Lipinski definition) is 1. The Hall–Kier alpha value is -3.22. The van der Waals surface area contributed by atoms with Crippen LogP contribution in [0, 0.1) is 0 Å². The van der Waals surface area contributed by atoms with Crippen LogP contribution in [0.1, 0.15) is 24.0 Å². The third-order valence-electron chi connectivity index (χ3n) is 4.38. The summed E-state index contributed by atoms with van der Waals surface area (Å²) in [6.07, 6.45) is 0.179. The lowest BCUT2D eigenvalue weighted by Gasteiger charge is -2.18. The molecule has 1 N–H and O–H groups in total. The minimum Gasteiger partial charge on any atom is -0.497 e. The quantitative estimate of drug-likeness (QED) is 0.617. The van der Waals surface area contributed by atoms with Crippen molar-refractivity contribution in [1.29, 1.82) is 0 Å². The molecule has 29 heavy (non-hydrogen) atoms. The summed E-state index contributed by atoms with van der Waals surface area (Å²) in [6, 6.07) is 12.5. The lowest BCUT2D eigenvalue weighted by molar-refractivity contribution is -0.144. The molecule has 1 atom stereocenters. The summed E-state index contributed by atoms with van der Waals surface area (Å²) >= 11 is 0. The smallest absolute Gasteiger partial charge is 0.315 e. The molecule has 7 nitrogen and oxygen atoms in total. The van der Waals surface area contributed by atoms with Crippen molar-refractivity contribution in [3.05, 3.63) is 53.6 Å². The molecule has 0 saturated carbocycles. The Morgan fingerprint density at radius 3 is 2.38 bits per heavy atom. The van der Waals surface area contributed by atoms with E-state index in [-0.39, 0.29) is 25.5 Å². The number of benzene rings is 2. The molecule has 2 aromatic rings. The molecule has 2 aromatic carbocycles. The number of esters is 1. The molecule has 156 valence electrons. The lowest BCUT2D eigenvalue weighted by Crippen LogP contribution is -2.33. The first kappa shape index (κ1) is 22.1. The maximum absolute atomic E-state index is 12.5. The number of ether oxygens (including phenoxy) is 4. The van der Waals surface area contributed by atoms with Crippen molar-refractivity contribution in [2.24, 2.45) is 0 Å². The van der Waals surface area contributed by atoms with Crippen LogP contribution in [0.5, 0.6) is 17.2 Å². The van der Waals surface area contributed by atoms with Crippen LogP contribution in [0.25, 0.3) is 0 Å². The highest BCUT2D eigenvalue weighted by molar-refractivity contribution is 5.82. The summed E-state index contributed by atoms with van der Waals surface area (Å²) in [4.78, 5) is 24.9. The van der Waals surface area contributed by atoms with E-state index in [2.05, 4.69) is 5.32 Å². The highest BCUT2D eigenvalue weighted by atomic mass is 16.5. The van der Waals surface area contributed by atoms with Gasteiger partial charge in [-0.2, -0.15) is 0 Å². The zero-order valence-electron chi connectivity index (χ0n) is 17.2. The predicted octanol–water partition coefficient (Wildman–Crippen LogP) is 2.72. The summed E-state index contributed by atoms with van der Waals surface area (Å²) in [6.45, 7) is 2.10. The normalized spacial score (nSPS) is 11.3. The molecule has 0 aliphatic rings. The molecule has 0 heterocycles. The number of hydrogen-bond acceptors (Lipinski definition) is 6. The fraction of sp³-hybridized carbons (Fsp3) is 0.364. The average molecular weight is 401 g/mol. The Labute approximate surface area is 170 Å². The Kier molecular flexibility index (Phi) is 8.33. The standard InChI is InChI=1S/C22H27NO6/c1-5-29-22(25)18(16-9-10-19(27-3)20(13-16)28-4)14-23-21(24)12-15-7-6-8-17(11-15)26-2/h6-11,13,18H,5,12,14H2,1-4H3,(H,23,24). The van der Waals surface area contributed by atoms with Crippen molar-refractivity contribution in [1.82, 2.24) is 5.32 Å². The summed E-state index contributed by atoms with van der Waals surface area (Å²) < 4.78 is 20.9. The Morgan fingerprint density at radius 1 is 0.966 bits per heavy atom. The van der Waals surface area contributed by atoms with Crippen molar-refractivity contribution in [2.75, 3.05) is 34.5 Å². The van der Waals surface area contributed by atoms with Crippen molar-refractivity contribution in [3.63, 3.8) is 0 Å². The van der Waals surface area contributed by atoms with E-state index in [9.17, 15) is 9.59 Å². The van der Waals surface area contributed by atoms with Crippen LogP contribution in [-0.4, -0.2) is 46.4 Å². The van der Waals surface area contributed by atoms with Gasteiger partial charge in [-0.25, -0.2) is 0 Å². The Balaban J connectivity index is 2.12. The molecule has 7 heteroatoms. The van der Waals surface area contributed by atoms with E-state index in [1.54, 1.807) is 45.4 Å². The fourth-order valence-electron chi connectivity index (χ4n) is 2.90. The number of nitrogens with one attached hydrogen (secondary N) is 1. The highest BCUT2D eigenvalue weighted by Crippen LogP contribution is 2.31. The second kappa shape index (κ2) is 10.9. The van der Waals surface area contributed by atoms with Gasteiger partial charge < -0.3 is 24.3 Å². The van der Waals surface area contributed by atoms with Crippen molar-refractivity contribution in [2.45, 2.75) is 19.3 Å². The van der Waals surface area contributed by atoms with Crippen LogP contribution in [0.4, 0.5) is 0 Å². The maximum Gasteiger partial charge on any atom is 0.315 e. The van der Waals surface area contributed by atoms with E-state index < -0.39 is 11.9 Å². The maximum atomic E-state index is 12.5. The van der Waals surface area contributed by atoms with Crippen molar-refractivity contribution in [3.8, 4) is 17.2 Å². The van der Waals surface area contributed by atoms with E-state index in [1.807, 2.05) is 18.2 Å². The third kappa shape index (κ3) is 6.14. The second-order valence-electron chi connectivity index (χ2n) is 6.25. The largest absolute Gasteiger partial charge is 0.497 e. The van der Waals surface area contributed by atoms with E-state index in [0.717, 1.165) is 5.56 Å².